The molecule has 0 aliphatic rings. The van der Waals surface area contributed by atoms with Crippen LogP contribution in [0, 0.1) is 6.92 Å². The third-order valence-corrected chi connectivity index (χ3v) is 3.41. The Kier molecular flexibility index (Phi) is 4.27. The highest BCUT2D eigenvalue weighted by molar-refractivity contribution is 5.27. The lowest BCUT2D eigenvalue weighted by molar-refractivity contribution is -0.137. The zero-order chi connectivity index (χ0) is 16.5. The molecule has 2 rings (SSSR count). The monoisotopic (exact) mass is 313 g/mol. The summed E-state index contributed by atoms with van der Waals surface area (Å²) in [5.74, 6) is -0.415. The Labute approximate surface area is 124 Å². The molecule has 0 saturated heterocycles. The Morgan fingerprint density at radius 1 is 1.18 bits per heavy atom. The van der Waals surface area contributed by atoms with Gasteiger partial charge in [-0.2, -0.15) is 13.2 Å². The molecule has 0 fully saturated rings. The quantitative estimate of drug-likeness (QED) is 0.915. The standard InChI is InChI=1S/C15H14F3NO3/c1-9-14(22)12(20)6-7-19(9)8-13(21)10-2-4-11(5-3-10)15(16,17)18/h2-7,13,21-22H,8H2,1H3/t13-/m0/s1. The van der Waals surface area contributed by atoms with E-state index < -0.39 is 29.0 Å². The zero-order valence-electron chi connectivity index (χ0n) is 11.6. The van der Waals surface area contributed by atoms with Crippen molar-refractivity contribution in [3.8, 4) is 5.75 Å². The van der Waals surface area contributed by atoms with E-state index in [4.69, 9.17) is 0 Å². The van der Waals surface area contributed by atoms with Crippen LogP contribution < -0.4 is 5.43 Å². The molecule has 0 bridgehead atoms. The molecule has 2 aromatic rings. The average Bonchev–Trinajstić information content (AvgIpc) is 2.47. The Bertz CT molecular complexity index is 720. The number of hydrogen-bond donors (Lipinski definition) is 2. The first-order chi connectivity index (χ1) is 10.2. The van der Waals surface area contributed by atoms with Gasteiger partial charge in [0.15, 0.2) is 5.75 Å². The molecule has 0 spiro atoms. The van der Waals surface area contributed by atoms with Crippen molar-refractivity contribution in [3.05, 3.63) is 63.6 Å². The number of pyridine rings is 1. The van der Waals surface area contributed by atoms with E-state index in [1.165, 1.54) is 29.8 Å². The summed E-state index contributed by atoms with van der Waals surface area (Å²) >= 11 is 0. The number of benzene rings is 1. The van der Waals surface area contributed by atoms with Crippen LogP contribution in [0.15, 0.2) is 41.3 Å². The van der Waals surface area contributed by atoms with Crippen molar-refractivity contribution >= 4 is 0 Å². The van der Waals surface area contributed by atoms with Gasteiger partial charge in [-0.15, -0.1) is 0 Å². The molecule has 1 atom stereocenters. The lowest BCUT2D eigenvalue weighted by atomic mass is 10.1. The van der Waals surface area contributed by atoms with Gasteiger partial charge in [0, 0.05) is 12.3 Å². The topological polar surface area (TPSA) is 62.5 Å². The summed E-state index contributed by atoms with van der Waals surface area (Å²) in [6.07, 6.45) is -4.09. The fraction of sp³-hybridized carbons (Fsp3) is 0.267. The lowest BCUT2D eigenvalue weighted by Crippen LogP contribution is -2.15. The highest BCUT2D eigenvalue weighted by Crippen LogP contribution is 2.30. The van der Waals surface area contributed by atoms with Gasteiger partial charge in [-0.1, -0.05) is 12.1 Å². The van der Waals surface area contributed by atoms with E-state index in [1.807, 2.05) is 0 Å². The van der Waals surface area contributed by atoms with E-state index in [0.717, 1.165) is 18.2 Å². The van der Waals surface area contributed by atoms with Crippen LogP contribution in [0.4, 0.5) is 13.2 Å². The molecule has 4 nitrogen and oxygen atoms in total. The smallest absolute Gasteiger partial charge is 0.416 e. The molecule has 0 unspecified atom stereocenters. The fourth-order valence-corrected chi connectivity index (χ4v) is 2.05. The van der Waals surface area contributed by atoms with Gasteiger partial charge in [0.25, 0.3) is 0 Å². The molecule has 0 aliphatic carbocycles. The Balaban J connectivity index is 2.21. The van der Waals surface area contributed by atoms with Crippen molar-refractivity contribution in [1.29, 1.82) is 0 Å². The number of aromatic nitrogens is 1. The van der Waals surface area contributed by atoms with Gasteiger partial charge in [-0.25, -0.2) is 0 Å². The minimum absolute atomic E-state index is 0.00500. The maximum absolute atomic E-state index is 12.5. The number of aliphatic hydroxyl groups is 1. The van der Waals surface area contributed by atoms with Gasteiger partial charge < -0.3 is 14.8 Å². The first kappa shape index (κ1) is 16.1. The molecule has 118 valence electrons. The van der Waals surface area contributed by atoms with Gasteiger partial charge in [0.2, 0.25) is 5.43 Å². The van der Waals surface area contributed by atoms with Crippen LogP contribution in [0.1, 0.15) is 22.9 Å². The number of aliphatic hydroxyl groups excluding tert-OH is 1. The first-order valence-electron chi connectivity index (χ1n) is 6.44. The van der Waals surface area contributed by atoms with Crippen molar-refractivity contribution in [2.75, 3.05) is 0 Å². The SMILES string of the molecule is Cc1c(O)c(=O)ccn1C[C@H](O)c1ccc(C(F)(F)F)cc1. The first-order valence-corrected chi connectivity index (χ1v) is 6.44. The number of rotatable bonds is 3. The number of nitrogens with zero attached hydrogens (tertiary/aromatic N) is 1. The average molecular weight is 313 g/mol. The van der Waals surface area contributed by atoms with Gasteiger partial charge in [-0.05, 0) is 24.6 Å². The van der Waals surface area contributed by atoms with Crippen LogP contribution in [0.2, 0.25) is 0 Å². The summed E-state index contributed by atoms with van der Waals surface area (Å²) < 4.78 is 38.9. The molecule has 1 heterocycles. The Hall–Kier alpha value is -2.28. The van der Waals surface area contributed by atoms with Crippen molar-refractivity contribution in [2.24, 2.45) is 0 Å². The van der Waals surface area contributed by atoms with Crippen molar-refractivity contribution in [1.82, 2.24) is 4.57 Å². The number of aromatic hydroxyl groups is 1. The Morgan fingerprint density at radius 2 is 1.77 bits per heavy atom. The normalized spacial score (nSPS) is 13.1. The molecule has 7 heteroatoms. The van der Waals surface area contributed by atoms with Crippen molar-refractivity contribution in [3.63, 3.8) is 0 Å². The molecule has 0 saturated carbocycles. The number of halogens is 3. The van der Waals surface area contributed by atoms with E-state index in [2.05, 4.69) is 0 Å². The van der Waals surface area contributed by atoms with Crippen LogP contribution >= 0.6 is 0 Å². The largest absolute Gasteiger partial charge is 0.503 e. The summed E-state index contributed by atoms with van der Waals surface area (Å²) in [4.78, 5) is 11.2. The molecular weight excluding hydrogens is 299 g/mol. The predicted octanol–water partition coefficient (Wildman–Crippen LogP) is 2.61. The molecule has 0 radical (unpaired) electrons. The molecule has 0 aliphatic heterocycles. The molecule has 0 amide bonds. The van der Waals surface area contributed by atoms with Gasteiger partial charge in [0.1, 0.15) is 0 Å². The van der Waals surface area contributed by atoms with E-state index >= 15 is 0 Å². The van der Waals surface area contributed by atoms with Crippen LogP contribution in [0.25, 0.3) is 0 Å². The lowest BCUT2D eigenvalue weighted by Gasteiger charge is -2.17. The molecular formula is C15H14F3NO3. The van der Waals surface area contributed by atoms with E-state index in [1.54, 1.807) is 0 Å². The second-order valence-electron chi connectivity index (χ2n) is 4.90. The van der Waals surface area contributed by atoms with E-state index in [9.17, 15) is 28.2 Å². The summed E-state index contributed by atoms with van der Waals surface area (Å²) in [6.45, 7) is 1.52. The van der Waals surface area contributed by atoms with Crippen LogP contribution in [-0.4, -0.2) is 14.8 Å². The van der Waals surface area contributed by atoms with Gasteiger partial charge in [0.05, 0.1) is 23.9 Å². The van der Waals surface area contributed by atoms with E-state index in [-0.39, 0.29) is 12.2 Å². The highest BCUT2D eigenvalue weighted by atomic mass is 19.4. The number of hydrogen-bond acceptors (Lipinski definition) is 3. The third-order valence-electron chi connectivity index (χ3n) is 3.41. The predicted molar refractivity (Wildman–Crippen MR) is 73.5 cm³/mol. The molecule has 22 heavy (non-hydrogen) atoms. The summed E-state index contributed by atoms with van der Waals surface area (Å²) in [5.41, 5.74) is -0.734. The maximum Gasteiger partial charge on any atom is 0.416 e. The zero-order valence-corrected chi connectivity index (χ0v) is 11.6. The third kappa shape index (κ3) is 3.30. The summed E-state index contributed by atoms with van der Waals surface area (Å²) in [6, 6.07) is 5.35. The second-order valence-corrected chi connectivity index (χ2v) is 4.90. The molecule has 2 N–H and O–H groups in total. The fourth-order valence-electron chi connectivity index (χ4n) is 2.05. The van der Waals surface area contributed by atoms with Crippen molar-refractivity contribution < 1.29 is 23.4 Å². The highest BCUT2D eigenvalue weighted by Gasteiger charge is 2.30. The summed E-state index contributed by atoms with van der Waals surface area (Å²) in [5, 5.41) is 19.6. The number of alkyl halides is 3. The summed E-state index contributed by atoms with van der Waals surface area (Å²) in [7, 11) is 0. The minimum atomic E-state index is -4.43. The van der Waals surface area contributed by atoms with Crippen LogP contribution in [-0.2, 0) is 12.7 Å². The van der Waals surface area contributed by atoms with E-state index in [0.29, 0.717) is 5.56 Å². The minimum Gasteiger partial charge on any atom is -0.503 e. The van der Waals surface area contributed by atoms with Crippen molar-refractivity contribution in [2.45, 2.75) is 25.7 Å². The Morgan fingerprint density at radius 3 is 2.32 bits per heavy atom. The maximum atomic E-state index is 12.5. The molecule has 1 aromatic carbocycles. The van der Waals surface area contributed by atoms with Gasteiger partial charge in [-0.3, -0.25) is 4.79 Å². The van der Waals surface area contributed by atoms with Crippen LogP contribution in [0.5, 0.6) is 5.75 Å². The molecule has 1 aromatic heterocycles. The van der Waals surface area contributed by atoms with Gasteiger partial charge >= 0.3 is 6.18 Å². The second kappa shape index (κ2) is 5.84. The van der Waals surface area contributed by atoms with Crippen LogP contribution in [0.3, 0.4) is 0 Å².